The lowest BCUT2D eigenvalue weighted by molar-refractivity contribution is -0.910. The Hall–Kier alpha value is -1.78. The second-order valence-corrected chi connectivity index (χ2v) is 9.73. The standard InChI is InChI=1S/C20H26F3N3O3S/c1-19(2,3)29-18(28)26(8-6-14(7-9-26)20(21,22)23)24-11-13-4-5-16-15(10-13)25-17(27)12-30-16/h4-5,10,14,24H,6-9,11-12H2,1-3H3/p+1. The van der Waals surface area contributed by atoms with Gasteiger partial charge in [-0.05, 0) is 38.5 Å². The first-order valence-corrected chi connectivity index (χ1v) is 10.8. The molecular weight excluding hydrogens is 419 g/mol. The van der Waals surface area contributed by atoms with Gasteiger partial charge < -0.3 is 10.1 Å². The number of carbonyl (C=O) groups is 2. The first-order chi connectivity index (χ1) is 13.9. The summed E-state index contributed by atoms with van der Waals surface area (Å²) in [5.74, 6) is -1.13. The van der Waals surface area contributed by atoms with Crippen molar-refractivity contribution in [3.8, 4) is 0 Å². The largest absolute Gasteiger partial charge is 0.536 e. The molecule has 30 heavy (non-hydrogen) atoms. The van der Waals surface area contributed by atoms with Crippen molar-refractivity contribution in [2.75, 3.05) is 24.2 Å². The lowest BCUT2D eigenvalue weighted by Crippen LogP contribution is -2.66. The average molecular weight is 447 g/mol. The maximum atomic E-state index is 13.1. The molecule has 0 saturated carbocycles. The number of benzene rings is 1. The molecule has 2 heterocycles. The highest BCUT2D eigenvalue weighted by Gasteiger charge is 2.51. The van der Waals surface area contributed by atoms with Gasteiger partial charge in [0.25, 0.3) is 0 Å². The molecule has 0 aromatic heterocycles. The van der Waals surface area contributed by atoms with Crippen LogP contribution in [0.4, 0.5) is 23.7 Å². The van der Waals surface area contributed by atoms with Crippen molar-refractivity contribution in [3.05, 3.63) is 23.8 Å². The van der Waals surface area contributed by atoms with E-state index in [1.807, 2.05) is 18.2 Å². The van der Waals surface area contributed by atoms with Gasteiger partial charge in [0.2, 0.25) is 5.91 Å². The summed E-state index contributed by atoms with van der Waals surface area (Å²) in [6.45, 7) is 5.44. The Labute approximate surface area is 178 Å². The van der Waals surface area contributed by atoms with E-state index >= 15 is 0 Å². The Bertz CT molecular complexity index is 816. The Morgan fingerprint density at radius 2 is 1.93 bits per heavy atom. The third-order valence-electron chi connectivity index (χ3n) is 5.19. The van der Waals surface area contributed by atoms with Crippen LogP contribution in [-0.4, -0.2) is 47.2 Å². The predicted octanol–water partition coefficient (Wildman–Crippen LogP) is 4.46. The van der Waals surface area contributed by atoms with Crippen LogP contribution in [0, 0.1) is 5.92 Å². The van der Waals surface area contributed by atoms with Gasteiger partial charge in [-0.2, -0.15) is 23.4 Å². The third kappa shape index (κ3) is 5.47. The van der Waals surface area contributed by atoms with Crippen LogP contribution < -0.4 is 10.7 Å². The number of ether oxygens (including phenoxy) is 1. The van der Waals surface area contributed by atoms with E-state index in [1.54, 1.807) is 20.8 Å². The molecule has 1 saturated heterocycles. The van der Waals surface area contributed by atoms with E-state index in [1.165, 1.54) is 11.8 Å². The molecule has 2 aliphatic rings. The number of carbonyl (C=O) groups excluding carboxylic acids is 2. The van der Waals surface area contributed by atoms with Crippen LogP contribution in [0.15, 0.2) is 23.1 Å². The molecule has 166 valence electrons. The quantitative estimate of drug-likeness (QED) is 0.671. The van der Waals surface area contributed by atoms with Gasteiger partial charge in [0, 0.05) is 17.7 Å². The summed E-state index contributed by atoms with van der Waals surface area (Å²) in [6.07, 6.45) is -5.14. The molecule has 0 unspecified atom stereocenters. The van der Waals surface area contributed by atoms with E-state index in [0.29, 0.717) is 11.4 Å². The highest BCUT2D eigenvalue weighted by molar-refractivity contribution is 8.00. The van der Waals surface area contributed by atoms with Gasteiger partial charge in [-0.1, -0.05) is 6.07 Å². The number of anilines is 1. The number of nitrogens with zero attached hydrogens (tertiary/aromatic N) is 1. The number of hydrogen-bond donors (Lipinski definition) is 2. The van der Waals surface area contributed by atoms with Crippen LogP contribution >= 0.6 is 11.8 Å². The minimum absolute atomic E-state index is 0.00335. The van der Waals surface area contributed by atoms with Crippen molar-refractivity contribution in [1.29, 1.82) is 0 Å². The molecule has 6 nitrogen and oxygen atoms in total. The lowest BCUT2D eigenvalue weighted by Gasteiger charge is -2.40. The van der Waals surface area contributed by atoms with Crippen LogP contribution in [0.1, 0.15) is 39.2 Å². The van der Waals surface area contributed by atoms with E-state index in [-0.39, 0.29) is 43.0 Å². The van der Waals surface area contributed by atoms with Crippen molar-refractivity contribution in [2.45, 2.75) is 56.8 Å². The second-order valence-electron chi connectivity index (χ2n) is 8.71. The van der Waals surface area contributed by atoms with E-state index in [4.69, 9.17) is 4.74 Å². The molecule has 0 aliphatic carbocycles. The van der Waals surface area contributed by atoms with E-state index in [9.17, 15) is 22.8 Å². The SMILES string of the molecule is CC(C)(C)OC(=O)[N+]1(NCc2ccc3c(c2)NC(=O)CS3)CCC(C(F)(F)F)CC1. The Kier molecular flexibility index (Phi) is 6.41. The van der Waals surface area contributed by atoms with Crippen LogP contribution in [0.3, 0.4) is 0 Å². The number of thioether (sulfide) groups is 1. The molecule has 0 spiro atoms. The molecule has 2 N–H and O–H groups in total. The number of quaternary nitrogens is 1. The highest BCUT2D eigenvalue weighted by atomic mass is 32.2. The fraction of sp³-hybridized carbons (Fsp3) is 0.600. The van der Waals surface area contributed by atoms with Gasteiger partial charge in [-0.3, -0.25) is 4.79 Å². The first kappa shape index (κ1) is 22.9. The number of fused-ring (bicyclic) bond motifs is 1. The number of likely N-dealkylation sites (tertiary alicyclic amines) is 1. The molecule has 0 atom stereocenters. The number of halogens is 3. The Balaban J connectivity index is 1.76. The number of alkyl halides is 3. The molecule has 1 fully saturated rings. The molecule has 1 aromatic carbocycles. The molecule has 0 bridgehead atoms. The average Bonchev–Trinajstić information content (AvgIpc) is 2.64. The maximum Gasteiger partial charge on any atom is 0.536 e. The first-order valence-electron chi connectivity index (χ1n) is 9.86. The van der Waals surface area contributed by atoms with Gasteiger partial charge in [0.15, 0.2) is 0 Å². The summed E-state index contributed by atoms with van der Waals surface area (Å²) < 4.78 is 44.5. The zero-order chi connectivity index (χ0) is 22.2. The lowest BCUT2D eigenvalue weighted by atomic mass is 9.96. The zero-order valence-electron chi connectivity index (χ0n) is 17.3. The molecule has 2 amide bonds. The smallest absolute Gasteiger partial charge is 0.413 e. The van der Waals surface area contributed by atoms with Crippen LogP contribution in [0.2, 0.25) is 0 Å². The Morgan fingerprint density at radius 3 is 2.53 bits per heavy atom. The summed E-state index contributed by atoms with van der Waals surface area (Å²) in [4.78, 5) is 25.5. The van der Waals surface area contributed by atoms with Gasteiger partial charge in [0.1, 0.15) is 18.7 Å². The maximum absolute atomic E-state index is 13.1. The van der Waals surface area contributed by atoms with Crippen LogP contribution in [0.5, 0.6) is 0 Å². The molecule has 10 heteroatoms. The second kappa shape index (κ2) is 8.39. The molecular formula is C20H27F3N3O3S+. The van der Waals surface area contributed by atoms with E-state index < -0.39 is 23.8 Å². The van der Waals surface area contributed by atoms with Crippen molar-refractivity contribution < 1.29 is 32.1 Å². The molecule has 2 aliphatic heterocycles. The number of nitrogens with one attached hydrogen (secondary N) is 2. The zero-order valence-corrected chi connectivity index (χ0v) is 18.1. The minimum atomic E-state index is -4.27. The van der Waals surface area contributed by atoms with Gasteiger partial charge in [0.05, 0.1) is 23.9 Å². The summed E-state index contributed by atoms with van der Waals surface area (Å²) in [6, 6.07) is 5.59. The van der Waals surface area contributed by atoms with Crippen LogP contribution in [-0.2, 0) is 16.1 Å². The third-order valence-corrected chi connectivity index (χ3v) is 6.26. The minimum Gasteiger partial charge on any atom is -0.413 e. The van der Waals surface area contributed by atoms with E-state index in [0.717, 1.165) is 10.5 Å². The van der Waals surface area contributed by atoms with Crippen molar-refractivity contribution in [2.24, 2.45) is 5.92 Å². The summed E-state index contributed by atoms with van der Waals surface area (Å²) in [7, 11) is 0. The van der Waals surface area contributed by atoms with Crippen molar-refractivity contribution in [3.63, 3.8) is 0 Å². The monoisotopic (exact) mass is 446 g/mol. The Morgan fingerprint density at radius 1 is 1.27 bits per heavy atom. The predicted molar refractivity (Wildman–Crippen MR) is 108 cm³/mol. The summed E-state index contributed by atoms with van der Waals surface area (Å²) in [5, 5.41) is 2.81. The van der Waals surface area contributed by atoms with Gasteiger partial charge >= 0.3 is 12.3 Å². The number of rotatable bonds is 3. The van der Waals surface area contributed by atoms with Gasteiger partial charge in [-0.15, -0.1) is 16.4 Å². The highest BCUT2D eigenvalue weighted by Crippen LogP contribution is 2.37. The fourth-order valence-electron chi connectivity index (χ4n) is 3.57. The number of hydrogen-bond acceptors (Lipinski definition) is 5. The molecule has 0 radical (unpaired) electrons. The van der Waals surface area contributed by atoms with Crippen molar-refractivity contribution >= 4 is 29.4 Å². The van der Waals surface area contributed by atoms with Gasteiger partial charge in [-0.25, -0.2) is 0 Å². The van der Waals surface area contributed by atoms with Crippen molar-refractivity contribution in [1.82, 2.24) is 5.43 Å². The van der Waals surface area contributed by atoms with E-state index in [2.05, 4.69) is 10.7 Å². The topological polar surface area (TPSA) is 67.4 Å². The molecule has 1 aromatic rings. The molecule has 3 rings (SSSR count). The number of piperidine rings is 1. The number of amides is 2. The normalized spacial score (nSPS) is 24.7. The fourth-order valence-corrected chi connectivity index (χ4v) is 4.36. The summed E-state index contributed by atoms with van der Waals surface area (Å²) >= 11 is 1.45. The van der Waals surface area contributed by atoms with Crippen LogP contribution in [0.25, 0.3) is 0 Å². The summed E-state index contributed by atoms with van der Waals surface area (Å²) in [5.41, 5.74) is 3.91.